The summed E-state index contributed by atoms with van der Waals surface area (Å²) in [5, 5.41) is 6.51. The van der Waals surface area contributed by atoms with Crippen LogP contribution in [0.3, 0.4) is 0 Å². The fourth-order valence-corrected chi connectivity index (χ4v) is 2.44. The molecule has 0 bridgehead atoms. The van der Waals surface area contributed by atoms with Gasteiger partial charge in [0.1, 0.15) is 5.82 Å². The average Bonchev–Trinajstić information content (AvgIpc) is 2.56. The molecule has 2 aromatic heterocycles. The maximum atomic E-state index is 5.79. The molecular formula is C9H7BrClN3S. The van der Waals surface area contributed by atoms with E-state index in [1.165, 1.54) is 0 Å². The van der Waals surface area contributed by atoms with Crippen molar-refractivity contribution in [2.45, 2.75) is 6.92 Å². The van der Waals surface area contributed by atoms with E-state index in [0.29, 0.717) is 10.8 Å². The lowest BCUT2D eigenvalue weighted by Crippen LogP contribution is -1.93. The van der Waals surface area contributed by atoms with Gasteiger partial charge >= 0.3 is 0 Å². The van der Waals surface area contributed by atoms with Crippen molar-refractivity contribution in [2.75, 3.05) is 5.32 Å². The van der Waals surface area contributed by atoms with Gasteiger partial charge in [0, 0.05) is 11.6 Å². The Morgan fingerprint density at radius 2 is 2.33 bits per heavy atom. The number of aromatic nitrogens is 2. The molecule has 0 atom stereocenters. The van der Waals surface area contributed by atoms with Crippen LogP contribution in [0.2, 0.25) is 5.02 Å². The van der Waals surface area contributed by atoms with Gasteiger partial charge in [-0.25, -0.2) is 9.97 Å². The number of nitrogens with zero attached hydrogens (tertiary/aromatic N) is 2. The van der Waals surface area contributed by atoms with Gasteiger partial charge in [-0.05, 0) is 28.9 Å². The van der Waals surface area contributed by atoms with Crippen molar-refractivity contribution in [3.63, 3.8) is 0 Å². The van der Waals surface area contributed by atoms with Gasteiger partial charge in [-0.3, -0.25) is 0 Å². The van der Waals surface area contributed by atoms with Crippen LogP contribution in [0.1, 0.15) is 5.69 Å². The molecule has 2 rings (SSSR count). The fraction of sp³-hybridized carbons (Fsp3) is 0.111. The summed E-state index contributed by atoms with van der Waals surface area (Å²) in [5.41, 5.74) is 0.993. The SMILES string of the molecule is Cc1csc(Nc2ncc(Cl)cc2Br)n1. The molecule has 0 saturated heterocycles. The zero-order chi connectivity index (χ0) is 10.8. The average molecular weight is 305 g/mol. The van der Waals surface area contributed by atoms with E-state index in [1.54, 1.807) is 23.6 Å². The van der Waals surface area contributed by atoms with Gasteiger partial charge in [-0.15, -0.1) is 11.3 Å². The van der Waals surface area contributed by atoms with E-state index in [1.807, 2.05) is 12.3 Å². The first-order chi connectivity index (χ1) is 7.15. The summed E-state index contributed by atoms with van der Waals surface area (Å²) in [6, 6.07) is 1.79. The molecule has 0 aliphatic carbocycles. The molecule has 2 heterocycles. The lowest BCUT2D eigenvalue weighted by Gasteiger charge is -2.03. The highest BCUT2D eigenvalue weighted by Crippen LogP contribution is 2.27. The first-order valence-electron chi connectivity index (χ1n) is 4.15. The number of rotatable bonds is 2. The zero-order valence-corrected chi connectivity index (χ0v) is 10.9. The van der Waals surface area contributed by atoms with Crippen LogP contribution in [-0.4, -0.2) is 9.97 Å². The van der Waals surface area contributed by atoms with E-state index in [2.05, 4.69) is 31.2 Å². The van der Waals surface area contributed by atoms with Crippen molar-refractivity contribution < 1.29 is 0 Å². The third-order valence-corrected chi connectivity index (χ3v) is 3.34. The summed E-state index contributed by atoms with van der Waals surface area (Å²) in [6.07, 6.45) is 1.59. The van der Waals surface area contributed by atoms with Crippen molar-refractivity contribution in [1.29, 1.82) is 0 Å². The fourth-order valence-electron chi connectivity index (χ4n) is 1.02. The predicted octanol–water partition coefficient (Wildman–Crippen LogP) is 4.01. The number of thiazole rings is 1. The molecule has 1 N–H and O–H groups in total. The highest BCUT2D eigenvalue weighted by atomic mass is 79.9. The van der Waals surface area contributed by atoms with Crippen LogP contribution in [0.4, 0.5) is 10.9 Å². The smallest absolute Gasteiger partial charge is 0.188 e. The Kier molecular flexibility index (Phi) is 3.23. The van der Waals surface area contributed by atoms with Gasteiger partial charge < -0.3 is 5.32 Å². The molecule has 0 fully saturated rings. The number of hydrogen-bond acceptors (Lipinski definition) is 4. The minimum Gasteiger partial charge on any atom is -0.315 e. The predicted molar refractivity (Wildman–Crippen MR) is 67.1 cm³/mol. The molecule has 3 nitrogen and oxygen atoms in total. The zero-order valence-electron chi connectivity index (χ0n) is 7.79. The monoisotopic (exact) mass is 303 g/mol. The minimum atomic E-state index is 0.600. The Labute approximate surface area is 105 Å². The first kappa shape index (κ1) is 10.9. The second kappa shape index (κ2) is 4.47. The van der Waals surface area contributed by atoms with E-state index >= 15 is 0 Å². The Bertz CT molecular complexity index is 486. The molecule has 78 valence electrons. The molecule has 6 heteroatoms. The van der Waals surface area contributed by atoms with Gasteiger partial charge in [0.2, 0.25) is 0 Å². The molecule has 0 saturated carbocycles. The molecule has 2 aromatic rings. The van der Waals surface area contributed by atoms with Crippen LogP contribution in [0, 0.1) is 6.92 Å². The molecule has 0 aromatic carbocycles. The summed E-state index contributed by atoms with van der Waals surface area (Å²) in [6.45, 7) is 1.95. The minimum absolute atomic E-state index is 0.600. The maximum Gasteiger partial charge on any atom is 0.188 e. The normalized spacial score (nSPS) is 10.3. The summed E-state index contributed by atoms with van der Waals surface area (Å²) in [4.78, 5) is 8.44. The van der Waals surface area contributed by atoms with E-state index in [0.717, 1.165) is 15.3 Å². The molecule has 0 aliphatic heterocycles. The first-order valence-corrected chi connectivity index (χ1v) is 6.20. The molecule has 0 aliphatic rings. The van der Waals surface area contributed by atoms with Crippen LogP contribution in [0.15, 0.2) is 22.1 Å². The third-order valence-electron chi connectivity index (χ3n) is 1.65. The van der Waals surface area contributed by atoms with E-state index < -0.39 is 0 Å². The van der Waals surface area contributed by atoms with Gasteiger partial charge in [-0.1, -0.05) is 11.6 Å². The van der Waals surface area contributed by atoms with E-state index in [9.17, 15) is 0 Å². The van der Waals surface area contributed by atoms with Crippen LogP contribution >= 0.6 is 38.9 Å². The van der Waals surface area contributed by atoms with Crippen molar-refractivity contribution in [2.24, 2.45) is 0 Å². The lowest BCUT2D eigenvalue weighted by molar-refractivity contribution is 1.23. The molecular weight excluding hydrogens is 298 g/mol. The molecule has 0 unspecified atom stereocenters. The summed E-state index contributed by atoms with van der Waals surface area (Å²) in [5.74, 6) is 0.716. The number of pyridine rings is 1. The van der Waals surface area contributed by atoms with Crippen LogP contribution in [-0.2, 0) is 0 Å². The standard InChI is InChI=1S/C9H7BrClN3S/c1-5-4-15-9(13-5)14-8-7(10)2-6(11)3-12-8/h2-4H,1H3,(H,12,13,14). The molecule has 15 heavy (non-hydrogen) atoms. The molecule has 0 spiro atoms. The number of anilines is 2. The third kappa shape index (κ3) is 2.68. The Morgan fingerprint density at radius 3 is 2.93 bits per heavy atom. The van der Waals surface area contributed by atoms with E-state index in [-0.39, 0.29) is 0 Å². The number of hydrogen-bond donors (Lipinski definition) is 1. The summed E-state index contributed by atoms with van der Waals surface area (Å²) in [7, 11) is 0. The largest absolute Gasteiger partial charge is 0.315 e. The Hall–Kier alpha value is -0.650. The molecule has 0 amide bonds. The number of aryl methyl sites for hydroxylation is 1. The second-order valence-corrected chi connectivity index (χ2v) is 5.05. The Morgan fingerprint density at radius 1 is 1.53 bits per heavy atom. The van der Waals surface area contributed by atoms with Crippen molar-refractivity contribution >= 4 is 49.8 Å². The lowest BCUT2D eigenvalue weighted by atomic mass is 10.4. The van der Waals surface area contributed by atoms with Gasteiger partial charge in [0.25, 0.3) is 0 Å². The number of nitrogens with one attached hydrogen (secondary N) is 1. The quantitative estimate of drug-likeness (QED) is 0.911. The van der Waals surface area contributed by atoms with Crippen LogP contribution < -0.4 is 5.32 Å². The van der Waals surface area contributed by atoms with Crippen LogP contribution in [0.25, 0.3) is 0 Å². The second-order valence-electron chi connectivity index (χ2n) is 2.90. The van der Waals surface area contributed by atoms with Crippen molar-refractivity contribution in [1.82, 2.24) is 9.97 Å². The Balaban J connectivity index is 2.24. The summed E-state index contributed by atoms with van der Waals surface area (Å²) >= 11 is 10.7. The van der Waals surface area contributed by atoms with E-state index in [4.69, 9.17) is 11.6 Å². The highest BCUT2D eigenvalue weighted by molar-refractivity contribution is 9.10. The topological polar surface area (TPSA) is 37.8 Å². The van der Waals surface area contributed by atoms with Crippen molar-refractivity contribution in [3.8, 4) is 0 Å². The highest BCUT2D eigenvalue weighted by Gasteiger charge is 2.04. The maximum absolute atomic E-state index is 5.79. The summed E-state index contributed by atoms with van der Waals surface area (Å²) < 4.78 is 0.822. The van der Waals surface area contributed by atoms with Gasteiger partial charge in [0.15, 0.2) is 5.13 Å². The van der Waals surface area contributed by atoms with Crippen molar-refractivity contribution in [3.05, 3.63) is 32.8 Å². The van der Waals surface area contributed by atoms with Gasteiger partial charge in [0.05, 0.1) is 15.2 Å². The molecule has 0 radical (unpaired) electrons. The van der Waals surface area contributed by atoms with Crippen LogP contribution in [0.5, 0.6) is 0 Å². The number of halogens is 2. The van der Waals surface area contributed by atoms with Gasteiger partial charge in [-0.2, -0.15) is 0 Å².